The van der Waals surface area contributed by atoms with E-state index in [1.54, 1.807) is 69.5 Å². The maximum absolute atomic E-state index is 14.0. The van der Waals surface area contributed by atoms with E-state index >= 15 is 0 Å². The summed E-state index contributed by atoms with van der Waals surface area (Å²) in [6.45, 7) is 3.17. The first-order chi connectivity index (χ1) is 19.2. The van der Waals surface area contributed by atoms with Crippen molar-refractivity contribution in [3.63, 3.8) is 0 Å². The van der Waals surface area contributed by atoms with Gasteiger partial charge in [0.1, 0.15) is 18.3 Å². The molecule has 0 aromatic heterocycles. The van der Waals surface area contributed by atoms with Crippen LogP contribution in [0.15, 0.2) is 83.8 Å². The van der Waals surface area contributed by atoms with Crippen molar-refractivity contribution in [3.8, 4) is 5.75 Å². The largest absolute Gasteiger partial charge is 0.497 e. The van der Waals surface area contributed by atoms with E-state index in [2.05, 4.69) is 5.32 Å². The smallest absolute Gasteiger partial charge is 0.264 e. The van der Waals surface area contributed by atoms with Crippen LogP contribution in [0.4, 0.5) is 5.69 Å². The van der Waals surface area contributed by atoms with Gasteiger partial charge in [0, 0.05) is 12.6 Å². The molecule has 1 saturated carbocycles. The molecular formula is C31H37N3O5S. The molecule has 40 heavy (non-hydrogen) atoms. The van der Waals surface area contributed by atoms with E-state index in [0.29, 0.717) is 17.0 Å². The fourth-order valence-corrected chi connectivity index (χ4v) is 6.48. The summed E-state index contributed by atoms with van der Waals surface area (Å²) in [5.74, 6) is -0.0527. The third-order valence-electron chi connectivity index (χ3n) is 7.38. The van der Waals surface area contributed by atoms with Gasteiger partial charge >= 0.3 is 0 Å². The molecule has 1 N–H and O–H groups in total. The molecule has 8 nitrogen and oxygen atoms in total. The van der Waals surface area contributed by atoms with Crippen LogP contribution >= 0.6 is 0 Å². The highest BCUT2D eigenvalue weighted by Gasteiger charge is 2.33. The minimum Gasteiger partial charge on any atom is -0.497 e. The number of hydrogen-bond donors (Lipinski definition) is 1. The summed E-state index contributed by atoms with van der Waals surface area (Å²) in [7, 11) is -2.51. The average Bonchev–Trinajstić information content (AvgIpc) is 3.48. The van der Waals surface area contributed by atoms with Crippen molar-refractivity contribution < 1.29 is 22.7 Å². The van der Waals surface area contributed by atoms with Gasteiger partial charge in [0.15, 0.2) is 0 Å². The summed E-state index contributed by atoms with van der Waals surface area (Å²) in [6, 6.07) is 21.6. The van der Waals surface area contributed by atoms with E-state index in [1.807, 2.05) is 18.2 Å². The summed E-state index contributed by atoms with van der Waals surface area (Å²) in [4.78, 5) is 28.9. The molecule has 0 aliphatic heterocycles. The van der Waals surface area contributed by atoms with Crippen LogP contribution in [0.5, 0.6) is 5.75 Å². The Morgan fingerprint density at radius 1 is 0.950 bits per heavy atom. The minimum atomic E-state index is -4.08. The molecule has 3 aromatic rings. The zero-order chi connectivity index (χ0) is 28.7. The van der Waals surface area contributed by atoms with Gasteiger partial charge in [-0.1, -0.05) is 61.4 Å². The first-order valence-electron chi connectivity index (χ1n) is 13.6. The highest BCUT2D eigenvalue weighted by atomic mass is 32.2. The Morgan fingerprint density at radius 2 is 1.57 bits per heavy atom. The second kappa shape index (κ2) is 13.0. The molecule has 0 bridgehead atoms. The lowest BCUT2D eigenvalue weighted by molar-refractivity contribution is -0.139. The highest BCUT2D eigenvalue weighted by molar-refractivity contribution is 7.92. The van der Waals surface area contributed by atoms with Gasteiger partial charge in [0.2, 0.25) is 11.8 Å². The molecule has 2 amide bonds. The fraction of sp³-hybridized carbons (Fsp3) is 0.355. The lowest BCUT2D eigenvalue weighted by Gasteiger charge is -2.33. The molecule has 0 spiro atoms. The molecule has 1 fully saturated rings. The minimum absolute atomic E-state index is 0.0831. The standard InChI is InChI=1S/C31H37N3O5S/c1-23-11-7-10-16-29(23)34(40(37,38)28-14-5-4-6-15-28)22-30(35)33(21-25-17-19-27(39-3)20-18-25)24(2)31(36)32-26-12-8-9-13-26/h4-7,10-11,14-20,24,26H,8-9,12-13,21-22H2,1-3H3,(H,32,36). The maximum Gasteiger partial charge on any atom is 0.264 e. The van der Waals surface area contributed by atoms with Gasteiger partial charge in [-0.25, -0.2) is 8.42 Å². The van der Waals surface area contributed by atoms with Crippen LogP contribution in [0.1, 0.15) is 43.7 Å². The zero-order valence-electron chi connectivity index (χ0n) is 23.2. The molecule has 1 aliphatic rings. The molecule has 0 heterocycles. The Hall–Kier alpha value is -3.85. The van der Waals surface area contributed by atoms with Crippen molar-refractivity contribution in [2.24, 2.45) is 0 Å². The maximum atomic E-state index is 14.0. The number of aryl methyl sites for hydroxylation is 1. The average molecular weight is 564 g/mol. The van der Waals surface area contributed by atoms with Gasteiger partial charge in [0.25, 0.3) is 10.0 Å². The normalized spacial score (nSPS) is 14.4. The Labute approximate surface area is 237 Å². The molecule has 1 unspecified atom stereocenters. The van der Waals surface area contributed by atoms with Gasteiger partial charge in [-0.05, 0) is 68.1 Å². The molecule has 1 atom stereocenters. The lowest BCUT2D eigenvalue weighted by atomic mass is 10.1. The third-order valence-corrected chi connectivity index (χ3v) is 9.15. The van der Waals surface area contributed by atoms with E-state index in [-0.39, 0.29) is 23.4 Å². The predicted octanol–water partition coefficient (Wildman–Crippen LogP) is 4.68. The van der Waals surface area contributed by atoms with Crippen molar-refractivity contribution >= 4 is 27.5 Å². The Bertz CT molecular complexity index is 1400. The van der Waals surface area contributed by atoms with Gasteiger partial charge in [0.05, 0.1) is 17.7 Å². The molecule has 1 aliphatic carbocycles. The Balaban J connectivity index is 1.68. The Kier molecular flexibility index (Phi) is 9.47. The molecule has 0 saturated heterocycles. The van der Waals surface area contributed by atoms with Crippen molar-refractivity contribution in [2.45, 2.75) is 63.1 Å². The monoisotopic (exact) mass is 563 g/mol. The second-order valence-corrected chi connectivity index (χ2v) is 12.0. The van der Waals surface area contributed by atoms with E-state index in [4.69, 9.17) is 4.74 Å². The van der Waals surface area contributed by atoms with Crippen molar-refractivity contribution in [3.05, 3.63) is 90.0 Å². The number of sulfonamides is 1. The molecule has 212 valence electrons. The van der Waals surface area contributed by atoms with Crippen LogP contribution in [0.3, 0.4) is 0 Å². The number of methoxy groups -OCH3 is 1. The number of hydrogen-bond acceptors (Lipinski definition) is 5. The van der Waals surface area contributed by atoms with E-state index in [1.165, 1.54) is 17.0 Å². The summed E-state index contributed by atoms with van der Waals surface area (Å²) in [5.41, 5.74) is 1.92. The van der Waals surface area contributed by atoms with Gasteiger partial charge < -0.3 is 15.0 Å². The van der Waals surface area contributed by atoms with Crippen molar-refractivity contribution in [2.75, 3.05) is 18.0 Å². The van der Waals surface area contributed by atoms with Crippen LogP contribution in [-0.2, 0) is 26.2 Å². The van der Waals surface area contributed by atoms with Crippen LogP contribution in [0, 0.1) is 6.92 Å². The van der Waals surface area contributed by atoms with E-state index in [9.17, 15) is 18.0 Å². The number of nitrogens with one attached hydrogen (secondary N) is 1. The number of ether oxygens (including phenoxy) is 1. The van der Waals surface area contributed by atoms with Crippen molar-refractivity contribution in [1.82, 2.24) is 10.2 Å². The molecule has 9 heteroatoms. The number of amides is 2. The number of carbonyl (C=O) groups is 2. The predicted molar refractivity (Wildman–Crippen MR) is 156 cm³/mol. The fourth-order valence-electron chi connectivity index (χ4n) is 4.98. The molecule has 4 rings (SSSR count). The number of rotatable bonds is 11. The molecule has 0 radical (unpaired) electrons. The molecule has 3 aromatic carbocycles. The van der Waals surface area contributed by atoms with Gasteiger partial charge in [-0.2, -0.15) is 0 Å². The first kappa shape index (κ1) is 29.1. The van der Waals surface area contributed by atoms with Gasteiger partial charge in [-0.3, -0.25) is 13.9 Å². The lowest BCUT2D eigenvalue weighted by Crippen LogP contribution is -2.52. The first-order valence-corrected chi connectivity index (χ1v) is 15.0. The van der Waals surface area contributed by atoms with E-state index < -0.39 is 28.5 Å². The van der Waals surface area contributed by atoms with Gasteiger partial charge in [-0.15, -0.1) is 0 Å². The van der Waals surface area contributed by atoms with Crippen LogP contribution in [0.2, 0.25) is 0 Å². The SMILES string of the molecule is COc1ccc(CN(C(=O)CN(c2ccccc2C)S(=O)(=O)c2ccccc2)C(C)C(=O)NC2CCCC2)cc1. The highest BCUT2D eigenvalue weighted by Crippen LogP contribution is 2.27. The van der Waals surface area contributed by atoms with Crippen LogP contribution in [0.25, 0.3) is 0 Å². The quantitative estimate of drug-likeness (QED) is 0.366. The topological polar surface area (TPSA) is 96.0 Å². The third kappa shape index (κ3) is 6.83. The Morgan fingerprint density at radius 3 is 2.20 bits per heavy atom. The number of anilines is 1. The van der Waals surface area contributed by atoms with E-state index in [0.717, 1.165) is 35.6 Å². The van der Waals surface area contributed by atoms with Crippen molar-refractivity contribution in [1.29, 1.82) is 0 Å². The molecular weight excluding hydrogens is 526 g/mol. The number of nitrogens with zero attached hydrogens (tertiary/aromatic N) is 2. The summed E-state index contributed by atoms with van der Waals surface area (Å²) in [6.07, 6.45) is 3.97. The zero-order valence-corrected chi connectivity index (χ0v) is 24.1. The number of carbonyl (C=O) groups excluding carboxylic acids is 2. The van der Waals surface area contributed by atoms with Crippen LogP contribution < -0.4 is 14.4 Å². The van der Waals surface area contributed by atoms with Crippen LogP contribution in [-0.4, -0.2) is 50.9 Å². The summed E-state index contributed by atoms with van der Waals surface area (Å²) < 4.78 is 34.1. The number of benzene rings is 3. The summed E-state index contributed by atoms with van der Waals surface area (Å²) in [5, 5.41) is 3.08. The number of para-hydroxylation sites is 1. The summed E-state index contributed by atoms with van der Waals surface area (Å²) >= 11 is 0. The second-order valence-electron chi connectivity index (χ2n) is 10.1.